The Kier molecular flexibility index (Phi) is 3.73. The van der Waals surface area contributed by atoms with E-state index in [1.54, 1.807) is 24.3 Å². The van der Waals surface area contributed by atoms with E-state index >= 15 is 0 Å². The standard InChI is InChI=1S/C17H16O6/c1-20-12-7-5-10-14(16(12)22-3)17(19)23-15(10)9-4-6-11(18)13(8-9)21-2/h4-8,15,18H,1-3H3/t15-/m1/s1. The summed E-state index contributed by atoms with van der Waals surface area (Å²) in [7, 11) is 4.44. The van der Waals surface area contributed by atoms with Gasteiger partial charge in [0.15, 0.2) is 29.1 Å². The highest BCUT2D eigenvalue weighted by molar-refractivity contribution is 5.98. The van der Waals surface area contributed by atoms with Crippen molar-refractivity contribution in [2.75, 3.05) is 21.3 Å². The Morgan fingerprint density at radius 2 is 1.74 bits per heavy atom. The predicted octanol–water partition coefficient (Wildman–Crippen LogP) is 2.68. The molecule has 0 fully saturated rings. The van der Waals surface area contributed by atoms with E-state index in [9.17, 15) is 9.90 Å². The molecule has 120 valence electrons. The van der Waals surface area contributed by atoms with Gasteiger partial charge in [-0.1, -0.05) is 12.1 Å². The first kappa shape index (κ1) is 15.0. The monoisotopic (exact) mass is 316 g/mol. The number of phenolic OH excluding ortho intramolecular Hbond substituents is 1. The number of phenols is 1. The van der Waals surface area contributed by atoms with Crippen molar-refractivity contribution in [1.29, 1.82) is 0 Å². The number of carbonyl (C=O) groups is 1. The van der Waals surface area contributed by atoms with Gasteiger partial charge in [0.25, 0.3) is 0 Å². The van der Waals surface area contributed by atoms with Crippen LogP contribution in [0.4, 0.5) is 0 Å². The molecular formula is C17H16O6. The molecule has 0 aliphatic carbocycles. The first-order valence-corrected chi connectivity index (χ1v) is 6.93. The molecule has 0 unspecified atom stereocenters. The molecule has 1 N–H and O–H groups in total. The Bertz CT molecular complexity index is 768. The second kappa shape index (κ2) is 5.72. The minimum Gasteiger partial charge on any atom is -0.504 e. The van der Waals surface area contributed by atoms with Crippen molar-refractivity contribution < 1.29 is 28.8 Å². The molecule has 1 aliphatic rings. The smallest absolute Gasteiger partial charge is 0.343 e. The molecular weight excluding hydrogens is 300 g/mol. The third-order valence-electron chi connectivity index (χ3n) is 3.80. The molecule has 1 atom stereocenters. The van der Waals surface area contributed by atoms with Gasteiger partial charge in [-0.3, -0.25) is 0 Å². The highest BCUT2D eigenvalue weighted by atomic mass is 16.6. The van der Waals surface area contributed by atoms with Crippen LogP contribution in [-0.2, 0) is 4.74 Å². The van der Waals surface area contributed by atoms with E-state index in [0.29, 0.717) is 33.9 Å². The lowest BCUT2D eigenvalue weighted by atomic mass is 9.98. The van der Waals surface area contributed by atoms with Crippen LogP contribution in [0.25, 0.3) is 0 Å². The molecule has 0 aromatic heterocycles. The number of aromatic hydroxyl groups is 1. The Labute approximate surface area is 133 Å². The van der Waals surface area contributed by atoms with Crippen LogP contribution < -0.4 is 14.2 Å². The number of rotatable bonds is 4. The highest BCUT2D eigenvalue weighted by Crippen LogP contribution is 2.45. The Morgan fingerprint density at radius 3 is 2.39 bits per heavy atom. The summed E-state index contributed by atoms with van der Waals surface area (Å²) in [5.41, 5.74) is 1.73. The van der Waals surface area contributed by atoms with Crippen LogP contribution in [0.5, 0.6) is 23.0 Å². The number of esters is 1. The molecule has 0 radical (unpaired) electrons. The highest BCUT2D eigenvalue weighted by Gasteiger charge is 2.37. The summed E-state index contributed by atoms with van der Waals surface area (Å²) in [6, 6.07) is 8.32. The zero-order chi connectivity index (χ0) is 16.6. The summed E-state index contributed by atoms with van der Waals surface area (Å²) < 4.78 is 21.1. The van der Waals surface area contributed by atoms with Crippen LogP contribution >= 0.6 is 0 Å². The van der Waals surface area contributed by atoms with Crippen LogP contribution in [0, 0.1) is 0 Å². The molecule has 1 aliphatic heterocycles. The van der Waals surface area contributed by atoms with E-state index in [2.05, 4.69) is 0 Å². The fourth-order valence-corrected chi connectivity index (χ4v) is 2.71. The van der Waals surface area contributed by atoms with Gasteiger partial charge in [-0.25, -0.2) is 4.79 Å². The number of hydrogen-bond donors (Lipinski definition) is 1. The van der Waals surface area contributed by atoms with Crippen molar-refractivity contribution in [2.45, 2.75) is 6.10 Å². The van der Waals surface area contributed by atoms with Gasteiger partial charge in [0.05, 0.1) is 21.3 Å². The summed E-state index contributed by atoms with van der Waals surface area (Å²) in [4.78, 5) is 12.3. The van der Waals surface area contributed by atoms with Gasteiger partial charge in [0, 0.05) is 11.1 Å². The first-order valence-electron chi connectivity index (χ1n) is 6.93. The zero-order valence-corrected chi connectivity index (χ0v) is 13.0. The van der Waals surface area contributed by atoms with Gasteiger partial charge in [0.2, 0.25) is 0 Å². The topological polar surface area (TPSA) is 74.2 Å². The molecule has 0 saturated carbocycles. The Hall–Kier alpha value is -2.89. The average Bonchev–Trinajstić information content (AvgIpc) is 2.91. The average molecular weight is 316 g/mol. The van der Waals surface area contributed by atoms with Gasteiger partial charge in [-0.05, 0) is 18.2 Å². The van der Waals surface area contributed by atoms with E-state index in [1.165, 1.54) is 27.4 Å². The lowest BCUT2D eigenvalue weighted by Gasteiger charge is -2.14. The SMILES string of the molecule is COc1cc([C@H]2OC(=O)c3c2ccc(OC)c3OC)ccc1O. The fraction of sp³-hybridized carbons (Fsp3) is 0.235. The molecule has 23 heavy (non-hydrogen) atoms. The molecule has 0 spiro atoms. The van der Waals surface area contributed by atoms with Gasteiger partial charge in [0.1, 0.15) is 5.56 Å². The normalized spacial score (nSPS) is 15.8. The van der Waals surface area contributed by atoms with Gasteiger partial charge >= 0.3 is 5.97 Å². The molecule has 0 saturated heterocycles. The van der Waals surface area contributed by atoms with Crippen LogP contribution in [0.3, 0.4) is 0 Å². The van der Waals surface area contributed by atoms with Crippen molar-refractivity contribution in [3.63, 3.8) is 0 Å². The van der Waals surface area contributed by atoms with E-state index in [0.717, 1.165) is 0 Å². The maximum absolute atomic E-state index is 12.3. The van der Waals surface area contributed by atoms with Crippen molar-refractivity contribution in [2.24, 2.45) is 0 Å². The summed E-state index contributed by atoms with van der Waals surface area (Å²) in [5.74, 6) is 0.670. The summed E-state index contributed by atoms with van der Waals surface area (Å²) in [6.07, 6.45) is -0.591. The third-order valence-corrected chi connectivity index (χ3v) is 3.80. The second-order valence-electron chi connectivity index (χ2n) is 4.98. The molecule has 1 heterocycles. The number of cyclic esters (lactones) is 1. The van der Waals surface area contributed by atoms with Gasteiger partial charge in [-0.15, -0.1) is 0 Å². The number of carbonyl (C=O) groups excluding carboxylic acids is 1. The molecule has 0 amide bonds. The quantitative estimate of drug-likeness (QED) is 0.874. The third kappa shape index (κ3) is 2.32. The van der Waals surface area contributed by atoms with Crippen molar-refractivity contribution in [3.05, 3.63) is 47.0 Å². The maximum Gasteiger partial charge on any atom is 0.343 e. The Morgan fingerprint density at radius 1 is 1.00 bits per heavy atom. The number of methoxy groups -OCH3 is 3. The largest absolute Gasteiger partial charge is 0.504 e. The minimum atomic E-state index is -0.591. The minimum absolute atomic E-state index is 0.0214. The van der Waals surface area contributed by atoms with Crippen LogP contribution in [0.1, 0.15) is 27.6 Å². The van der Waals surface area contributed by atoms with E-state index in [-0.39, 0.29) is 5.75 Å². The number of hydrogen-bond acceptors (Lipinski definition) is 6. The molecule has 2 aromatic rings. The number of benzene rings is 2. The van der Waals surface area contributed by atoms with Crippen LogP contribution in [0.15, 0.2) is 30.3 Å². The second-order valence-corrected chi connectivity index (χ2v) is 4.98. The maximum atomic E-state index is 12.3. The zero-order valence-electron chi connectivity index (χ0n) is 13.0. The van der Waals surface area contributed by atoms with E-state index < -0.39 is 12.1 Å². The van der Waals surface area contributed by atoms with Crippen LogP contribution in [-0.4, -0.2) is 32.4 Å². The van der Waals surface area contributed by atoms with Gasteiger partial charge < -0.3 is 24.1 Å². The lowest BCUT2D eigenvalue weighted by Crippen LogP contribution is -2.01. The molecule has 2 aromatic carbocycles. The lowest BCUT2D eigenvalue weighted by molar-refractivity contribution is 0.0453. The van der Waals surface area contributed by atoms with Gasteiger partial charge in [-0.2, -0.15) is 0 Å². The van der Waals surface area contributed by atoms with E-state index in [4.69, 9.17) is 18.9 Å². The van der Waals surface area contributed by atoms with Crippen molar-refractivity contribution in [1.82, 2.24) is 0 Å². The molecule has 3 rings (SSSR count). The van der Waals surface area contributed by atoms with E-state index in [1.807, 2.05) is 0 Å². The number of fused-ring (bicyclic) bond motifs is 1. The molecule has 6 heteroatoms. The summed E-state index contributed by atoms with van der Waals surface area (Å²) in [5, 5.41) is 9.71. The fourth-order valence-electron chi connectivity index (χ4n) is 2.71. The van der Waals surface area contributed by atoms with Crippen molar-refractivity contribution >= 4 is 5.97 Å². The van der Waals surface area contributed by atoms with Crippen LogP contribution in [0.2, 0.25) is 0 Å². The van der Waals surface area contributed by atoms with Crippen molar-refractivity contribution in [3.8, 4) is 23.0 Å². The molecule has 6 nitrogen and oxygen atoms in total. The molecule has 0 bridgehead atoms. The first-order chi connectivity index (χ1) is 11.1. The number of ether oxygens (including phenoxy) is 4. The summed E-state index contributed by atoms with van der Waals surface area (Å²) in [6.45, 7) is 0. The Balaban J connectivity index is 2.12. The summed E-state index contributed by atoms with van der Waals surface area (Å²) >= 11 is 0. The predicted molar refractivity (Wildman–Crippen MR) is 81.5 cm³/mol.